The van der Waals surface area contributed by atoms with Crippen LogP contribution in [0.1, 0.15) is 10.4 Å². The van der Waals surface area contributed by atoms with Crippen LogP contribution in [0.15, 0.2) is 18.3 Å². The highest BCUT2D eigenvalue weighted by molar-refractivity contribution is 5.90. The van der Waals surface area contributed by atoms with Crippen LogP contribution in [-0.4, -0.2) is 62.8 Å². The minimum atomic E-state index is -1.07. The van der Waals surface area contributed by atoms with Gasteiger partial charge in [0.25, 0.3) is 0 Å². The molecule has 1 N–H and O–H groups in total. The van der Waals surface area contributed by atoms with Crippen LogP contribution in [0.2, 0.25) is 0 Å². The summed E-state index contributed by atoms with van der Waals surface area (Å²) >= 11 is 0. The third-order valence-electron chi connectivity index (χ3n) is 2.27. The first-order valence-corrected chi connectivity index (χ1v) is 6.21. The summed E-state index contributed by atoms with van der Waals surface area (Å²) in [4.78, 5) is 14.8. The number of carbonyl (C=O) groups is 1. The summed E-state index contributed by atoms with van der Waals surface area (Å²) in [7, 11) is 1.61. The number of hydrogen-bond acceptors (Lipinski definition) is 6. The third-order valence-corrected chi connectivity index (χ3v) is 2.27. The molecule has 112 valence electrons. The van der Waals surface area contributed by atoms with Gasteiger partial charge in [0.05, 0.1) is 33.0 Å². The summed E-state index contributed by atoms with van der Waals surface area (Å²) in [5, 5.41) is 8.93. The molecular weight excluding hydrogens is 266 g/mol. The number of hydrogen-bond donors (Lipinski definition) is 1. The lowest BCUT2D eigenvalue weighted by molar-refractivity contribution is 0.0175. The number of nitrogens with zero attached hydrogens (tertiary/aromatic N) is 1. The number of rotatable bonds is 11. The van der Waals surface area contributed by atoms with Gasteiger partial charge in [-0.3, -0.25) is 0 Å². The van der Waals surface area contributed by atoms with Gasteiger partial charge in [0.1, 0.15) is 12.2 Å². The molecule has 0 spiro atoms. The van der Waals surface area contributed by atoms with Gasteiger partial charge < -0.3 is 24.1 Å². The third kappa shape index (κ3) is 6.46. The summed E-state index contributed by atoms with van der Waals surface area (Å²) in [6.07, 6.45) is 1.48. The van der Waals surface area contributed by atoms with Crippen LogP contribution in [-0.2, 0) is 14.2 Å². The van der Waals surface area contributed by atoms with E-state index >= 15 is 0 Å². The molecule has 7 nitrogen and oxygen atoms in total. The fourth-order valence-electron chi connectivity index (χ4n) is 1.33. The van der Waals surface area contributed by atoms with Gasteiger partial charge in [-0.2, -0.15) is 0 Å². The molecule has 0 saturated heterocycles. The average molecular weight is 285 g/mol. The molecule has 0 aromatic carbocycles. The first-order chi connectivity index (χ1) is 9.75. The van der Waals surface area contributed by atoms with Crippen LogP contribution in [0.4, 0.5) is 0 Å². The molecule has 0 aliphatic rings. The van der Waals surface area contributed by atoms with Crippen LogP contribution >= 0.6 is 0 Å². The van der Waals surface area contributed by atoms with Gasteiger partial charge >= 0.3 is 5.97 Å². The Hall–Kier alpha value is -1.70. The summed E-state index contributed by atoms with van der Waals surface area (Å²) in [6, 6.07) is 2.99. The molecule has 0 atom stereocenters. The summed E-state index contributed by atoms with van der Waals surface area (Å²) in [6.45, 7) is 2.58. The van der Waals surface area contributed by atoms with E-state index in [1.54, 1.807) is 13.2 Å². The molecule has 0 radical (unpaired) electrons. The zero-order valence-corrected chi connectivity index (χ0v) is 11.4. The van der Waals surface area contributed by atoms with E-state index in [1.165, 1.54) is 12.3 Å². The maximum atomic E-state index is 10.9. The second-order valence-electron chi connectivity index (χ2n) is 3.73. The van der Waals surface area contributed by atoms with Crippen molar-refractivity contribution in [3.8, 4) is 5.88 Å². The molecule has 20 heavy (non-hydrogen) atoms. The molecule has 1 heterocycles. The van der Waals surface area contributed by atoms with E-state index in [2.05, 4.69) is 4.98 Å². The Balaban J connectivity index is 2.11. The van der Waals surface area contributed by atoms with Crippen molar-refractivity contribution < 1.29 is 28.8 Å². The Labute approximate surface area is 117 Å². The van der Waals surface area contributed by atoms with Gasteiger partial charge in [0, 0.05) is 13.3 Å². The van der Waals surface area contributed by atoms with E-state index in [4.69, 9.17) is 24.1 Å². The lowest BCUT2D eigenvalue weighted by Crippen LogP contribution is -2.13. The van der Waals surface area contributed by atoms with Crippen molar-refractivity contribution in [2.24, 2.45) is 0 Å². The van der Waals surface area contributed by atoms with Crippen LogP contribution in [0.3, 0.4) is 0 Å². The molecule has 0 aliphatic carbocycles. The molecule has 1 aromatic heterocycles. The fourth-order valence-corrected chi connectivity index (χ4v) is 1.33. The quantitative estimate of drug-likeness (QED) is 0.603. The number of aromatic carboxylic acids is 1. The summed E-state index contributed by atoms with van der Waals surface area (Å²) in [5.41, 5.74) is 0.0374. The van der Waals surface area contributed by atoms with Crippen molar-refractivity contribution >= 4 is 5.97 Å². The highest BCUT2D eigenvalue weighted by Gasteiger charge is 2.11. The largest absolute Gasteiger partial charge is 0.477 e. The smallest absolute Gasteiger partial charge is 0.341 e. The van der Waals surface area contributed by atoms with Crippen LogP contribution in [0.25, 0.3) is 0 Å². The molecule has 0 amide bonds. The Bertz CT molecular complexity index is 398. The zero-order valence-electron chi connectivity index (χ0n) is 11.4. The molecule has 0 fully saturated rings. The average Bonchev–Trinajstić information content (AvgIpc) is 2.46. The highest BCUT2D eigenvalue weighted by Crippen LogP contribution is 2.13. The van der Waals surface area contributed by atoms with E-state index in [-0.39, 0.29) is 18.1 Å². The van der Waals surface area contributed by atoms with Crippen LogP contribution in [0.5, 0.6) is 5.88 Å². The Morgan fingerprint density at radius 3 is 2.45 bits per heavy atom. The molecule has 1 rings (SSSR count). The van der Waals surface area contributed by atoms with E-state index in [0.29, 0.717) is 33.0 Å². The standard InChI is InChI=1S/C13H19NO6/c1-17-5-6-18-7-8-19-9-10-20-12-11(13(15)16)3-2-4-14-12/h2-4H,5-10H2,1H3,(H,15,16). The lowest BCUT2D eigenvalue weighted by atomic mass is 10.3. The summed E-state index contributed by atoms with van der Waals surface area (Å²) in [5.74, 6) is -0.972. The predicted molar refractivity (Wildman–Crippen MR) is 70.2 cm³/mol. The van der Waals surface area contributed by atoms with Gasteiger partial charge in [0.15, 0.2) is 0 Å². The topological polar surface area (TPSA) is 87.1 Å². The maximum Gasteiger partial charge on any atom is 0.341 e. The molecule has 7 heteroatoms. The second kappa shape index (κ2) is 10.1. The van der Waals surface area contributed by atoms with Gasteiger partial charge in [-0.25, -0.2) is 9.78 Å². The fraction of sp³-hybridized carbons (Fsp3) is 0.538. The maximum absolute atomic E-state index is 10.9. The van der Waals surface area contributed by atoms with Gasteiger partial charge in [0.2, 0.25) is 5.88 Å². The first-order valence-electron chi connectivity index (χ1n) is 6.21. The molecule has 0 aliphatic heterocycles. The lowest BCUT2D eigenvalue weighted by Gasteiger charge is -2.08. The molecule has 0 bridgehead atoms. The Morgan fingerprint density at radius 1 is 1.15 bits per heavy atom. The van der Waals surface area contributed by atoms with Crippen LogP contribution < -0.4 is 4.74 Å². The van der Waals surface area contributed by atoms with Crippen molar-refractivity contribution in [3.63, 3.8) is 0 Å². The van der Waals surface area contributed by atoms with Gasteiger partial charge in [-0.1, -0.05) is 0 Å². The minimum Gasteiger partial charge on any atom is -0.477 e. The number of carboxylic acids is 1. The van der Waals surface area contributed by atoms with E-state index in [9.17, 15) is 4.79 Å². The molecular formula is C13H19NO6. The molecule has 0 unspecified atom stereocenters. The number of carboxylic acid groups (broad SMARTS) is 1. The first kappa shape index (κ1) is 16.4. The SMILES string of the molecule is COCCOCCOCCOc1ncccc1C(=O)O. The number of aromatic nitrogens is 1. The van der Waals surface area contributed by atoms with Crippen molar-refractivity contribution in [1.82, 2.24) is 4.98 Å². The van der Waals surface area contributed by atoms with E-state index < -0.39 is 5.97 Å². The monoisotopic (exact) mass is 285 g/mol. The summed E-state index contributed by atoms with van der Waals surface area (Å²) < 4.78 is 20.6. The van der Waals surface area contributed by atoms with Gasteiger partial charge in [-0.15, -0.1) is 0 Å². The number of pyridine rings is 1. The highest BCUT2D eigenvalue weighted by atomic mass is 16.6. The predicted octanol–water partition coefficient (Wildman–Crippen LogP) is 0.838. The Morgan fingerprint density at radius 2 is 1.80 bits per heavy atom. The van der Waals surface area contributed by atoms with Crippen molar-refractivity contribution in [1.29, 1.82) is 0 Å². The van der Waals surface area contributed by atoms with Crippen molar-refractivity contribution in [2.45, 2.75) is 0 Å². The van der Waals surface area contributed by atoms with Crippen molar-refractivity contribution in [2.75, 3.05) is 46.8 Å². The number of ether oxygens (including phenoxy) is 4. The Kier molecular flexibility index (Phi) is 8.28. The second-order valence-corrected chi connectivity index (χ2v) is 3.73. The van der Waals surface area contributed by atoms with Crippen molar-refractivity contribution in [3.05, 3.63) is 23.9 Å². The molecule has 1 aromatic rings. The molecule has 0 saturated carbocycles. The van der Waals surface area contributed by atoms with Gasteiger partial charge in [-0.05, 0) is 12.1 Å². The zero-order chi connectivity index (χ0) is 14.6. The number of methoxy groups -OCH3 is 1. The van der Waals surface area contributed by atoms with Crippen LogP contribution in [0, 0.1) is 0 Å². The normalized spacial score (nSPS) is 10.4. The van der Waals surface area contributed by atoms with E-state index in [1.807, 2.05) is 0 Å². The van der Waals surface area contributed by atoms with E-state index in [0.717, 1.165) is 0 Å². The minimum absolute atomic E-state index is 0.0374.